The van der Waals surface area contributed by atoms with E-state index in [4.69, 9.17) is 5.26 Å². The van der Waals surface area contributed by atoms with Crippen molar-refractivity contribution in [2.45, 2.75) is 31.6 Å². The minimum absolute atomic E-state index is 0.304. The molecular weight excluding hydrogens is 272 g/mol. The van der Waals surface area contributed by atoms with Crippen molar-refractivity contribution in [2.75, 3.05) is 13.1 Å². The van der Waals surface area contributed by atoms with Crippen molar-refractivity contribution in [3.8, 4) is 6.07 Å². The van der Waals surface area contributed by atoms with E-state index in [9.17, 15) is 8.42 Å². The summed E-state index contributed by atoms with van der Waals surface area (Å²) in [5, 5.41) is 8.63. The zero-order chi connectivity index (χ0) is 14.8. The number of nitriles is 1. The molecule has 1 aromatic carbocycles. The lowest BCUT2D eigenvalue weighted by Crippen LogP contribution is -2.42. The van der Waals surface area contributed by atoms with Crippen LogP contribution in [-0.2, 0) is 16.4 Å². The standard InChI is InChI=1S/C15H20N2O2S/c1-12-9-13(2)11-17(10-12)20(18,19)15-5-3-14(4-6-15)7-8-16/h3-6,12-13H,7,9-11H2,1-2H3. The molecule has 1 aliphatic rings. The number of sulfonamides is 1. The Morgan fingerprint density at radius 2 is 1.75 bits per heavy atom. The number of hydrogen-bond donors (Lipinski definition) is 0. The maximum atomic E-state index is 12.6. The van der Waals surface area contributed by atoms with Gasteiger partial charge in [-0.1, -0.05) is 26.0 Å². The lowest BCUT2D eigenvalue weighted by atomic mass is 9.94. The van der Waals surface area contributed by atoms with Crippen LogP contribution in [0.25, 0.3) is 0 Å². The first kappa shape index (κ1) is 15.0. The Kier molecular flexibility index (Phi) is 4.46. The van der Waals surface area contributed by atoms with Gasteiger partial charge in [0.2, 0.25) is 10.0 Å². The van der Waals surface area contributed by atoms with E-state index in [1.807, 2.05) is 0 Å². The van der Waals surface area contributed by atoms with Crippen molar-refractivity contribution in [2.24, 2.45) is 11.8 Å². The van der Waals surface area contributed by atoms with Crippen LogP contribution in [0.5, 0.6) is 0 Å². The Bertz CT molecular complexity index is 592. The highest BCUT2D eigenvalue weighted by Gasteiger charge is 2.31. The number of nitrogens with zero attached hydrogens (tertiary/aromatic N) is 2. The smallest absolute Gasteiger partial charge is 0.207 e. The highest BCUT2D eigenvalue weighted by molar-refractivity contribution is 7.89. The fraction of sp³-hybridized carbons (Fsp3) is 0.533. The van der Waals surface area contributed by atoms with Gasteiger partial charge in [-0.25, -0.2) is 8.42 Å². The maximum absolute atomic E-state index is 12.6. The van der Waals surface area contributed by atoms with Gasteiger partial charge in [-0.2, -0.15) is 9.57 Å². The Morgan fingerprint density at radius 3 is 2.25 bits per heavy atom. The van der Waals surface area contributed by atoms with Crippen LogP contribution in [0.2, 0.25) is 0 Å². The van der Waals surface area contributed by atoms with Crippen LogP contribution >= 0.6 is 0 Å². The largest absolute Gasteiger partial charge is 0.243 e. The SMILES string of the molecule is CC1CC(C)CN(S(=O)(=O)c2ccc(CC#N)cc2)C1. The van der Waals surface area contributed by atoms with Gasteiger partial charge in [0, 0.05) is 13.1 Å². The fourth-order valence-corrected chi connectivity index (χ4v) is 4.50. The van der Waals surface area contributed by atoms with E-state index >= 15 is 0 Å². The Hall–Kier alpha value is -1.38. The summed E-state index contributed by atoms with van der Waals surface area (Å²) in [7, 11) is -3.41. The molecule has 0 radical (unpaired) electrons. The topological polar surface area (TPSA) is 61.2 Å². The predicted molar refractivity (Wildman–Crippen MR) is 77.5 cm³/mol. The summed E-state index contributed by atoms with van der Waals surface area (Å²) in [5.74, 6) is 0.790. The first-order valence-electron chi connectivity index (χ1n) is 6.89. The Morgan fingerprint density at radius 1 is 1.20 bits per heavy atom. The van der Waals surface area contributed by atoms with Gasteiger partial charge < -0.3 is 0 Å². The van der Waals surface area contributed by atoms with E-state index in [-0.39, 0.29) is 0 Å². The molecule has 0 bridgehead atoms. The first-order chi connectivity index (χ1) is 9.43. The summed E-state index contributed by atoms with van der Waals surface area (Å²) in [6, 6.07) is 8.69. The van der Waals surface area contributed by atoms with Crippen molar-refractivity contribution < 1.29 is 8.42 Å². The van der Waals surface area contributed by atoms with Gasteiger partial charge in [0.25, 0.3) is 0 Å². The first-order valence-corrected chi connectivity index (χ1v) is 8.33. The summed E-state index contributed by atoms with van der Waals surface area (Å²) in [4.78, 5) is 0.320. The predicted octanol–water partition coefficient (Wildman–Crippen LogP) is 2.42. The lowest BCUT2D eigenvalue weighted by molar-refractivity contribution is 0.222. The van der Waals surface area contributed by atoms with Crippen molar-refractivity contribution in [1.29, 1.82) is 5.26 Å². The summed E-state index contributed by atoms with van der Waals surface area (Å²) in [5.41, 5.74) is 0.840. The minimum Gasteiger partial charge on any atom is -0.207 e. The molecule has 1 heterocycles. The van der Waals surface area contributed by atoms with Gasteiger partial charge in [0.05, 0.1) is 17.4 Å². The molecule has 0 spiro atoms. The summed E-state index contributed by atoms with van der Waals surface area (Å²) >= 11 is 0. The third kappa shape index (κ3) is 3.20. The van der Waals surface area contributed by atoms with Gasteiger partial charge in [0.1, 0.15) is 0 Å². The van der Waals surface area contributed by atoms with Crippen LogP contribution in [0.3, 0.4) is 0 Å². The summed E-state index contributed by atoms with van der Waals surface area (Å²) in [6.07, 6.45) is 1.38. The van der Waals surface area contributed by atoms with Crippen LogP contribution in [0.4, 0.5) is 0 Å². The molecule has 2 rings (SSSR count). The molecule has 4 nitrogen and oxygen atoms in total. The van der Waals surface area contributed by atoms with Crippen molar-refractivity contribution in [3.05, 3.63) is 29.8 Å². The number of rotatable bonds is 3. The molecule has 1 fully saturated rings. The van der Waals surface area contributed by atoms with Gasteiger partial charge in [0.15, 0.2) is 0 Å². The Balaban J connectivity index is 2.23. The average molecular weight is 292 g/mol. The number of hydrogen-bond acceptors (Lipinski definition) is 3. The zero-order valence-electron chi connectivity index (χ0n) is 11.9. The molecule has 1 saturated heterocycles. The molecular formula is C15H20N2O2S. The summed E-state index contributed by atoms with van der Waals surface area (Å²) < 4.78 is 26.8. The van der Waals surface area contributed by atoms with E-state index in [0.29, 0.717) is 36.2 Å². The summed E-state index contributed by atoms with van der Waals surface area (Å²) in [6.45, 7) is 5.36. The van der Waals surface area contributed by atoms with E-state index in [2.05, 4.69) is 19.9 Å². The molecule has 0 amide bonds. The molecule has 0 aromatic heterocycles. The average Bonchev–Trinajstić information content (AvgIpc) is 2.38. The van der Waals surface area contributed by atoms with Crippen molar-refractivity contribution >= 4 is 10.0 Å². The second-order valence-electron chi connectivity index (χ2n) is 5.75. The number of piperidine rings is 1. The molecule has 0 aliphatic carbocycles. The molecule has 0 N–H and O–H groups in total. The second kappa shape index (κ2) is 5.94. The second-order valence-corrected chi connectivity index (χ2v) is 7.68. The molecule has 2 atom stereocenters. The van der Waals surface area contributed by atoms with E-state index in [1.54, 1.807) is 28.6 Å². The molecule has 1 aromatic rings. The lowest BCUT2D eigenvalue weighted by Gasteiger charge is -2.34. The van der Waals surface area contributed by atoms with Gasteiger partial charge in [-0.3, -0.25) is 0 Å². The van der Waals surface area contributed by atoms with Crippen LogP contribution in [0, 0.1) is 23.2 Å². The normalized spacial score (nSPS) is 24.2. The zero-order valence-corrected chi connectivity index (χ0v) is 12.7. The number of benzene rings is 1. The van der Waals surface area contributed by atoms with Crippen LogP contribution in [0.1, 0.15) is 25.8 Å². The molecule has 5 heteroatoms. The maximum Gasteiger partial charge on any atom is 0.243 e. The highest BCUT2D eigenvalue weighted by Crippen LogP contribution is 2.26. The quantitative estimate of drug-likeness (QED) is 0.859. The van der Waals surface area contributed by atoms with Gasteiger partial charge >= 0.3 is 0 Å². The third-order valence-corrected chi connectivity index (χ3v) is 5.53. The molecule has 1 aliphatic heterocycles. The van der Waals surface area contributed by atoms with Crippen molar-refractivity contribution in [1.82, 2.24) is 4.31 Å². The van der Waals surface area contributed by atoms with E-state index in [0.717, 1.165) is 12.0 Å². The van der Waals surface area contributed by atoms with Crippen LogP contribution < -0.4 is 0 Å². The molecule has 0 saturated carbocycles. The van der Waals surface area contributed by atoms with Crippen LogP contribution in [0.15, 0.2) is 29.2 Å². The van der Waals surface area contributed by atoms with Crippen LogP contribution in [-0.4, -0.2) is 25.8 Å². The molecule has 20 heavy (non-hydrogen) atoms. The third-order valence-electron chi connectivity index (χ3n) is 3.68. The Labute approximate surface area is 121 Å². The monoisotopic (exact) mass is 292 g/mol. The minimum atomic E-state index is -3.41. The van der Waals surface area contributed by atoms with Gasteiger partial charge in [-0.05, 0) is 36.0 Å². The van der Waals surface area contributed by atoms with E-state index < -0.39 is 10.0 Å². The van der Waals surface area contributed by atoms with Crippen molar-refractivity contribution in [3.63, 3.8) is 0 Å². The van der Waals surface area contributed by atoms with E-state index in [1.165, 1.54) is 0 Å². The highest BCUT2D eigenvalue weighted by atomic mass is 32.2. The fourth-order valence-electron chi connectivity index (χ4n) is 2.82. The van der Waals surface area contributed by atoms with Gasteiger partial charge in [-0.15, -0.1) is 0 Å². The molecule has 2 unspecified atom stereocenters. The molecule has 108 valence electrons.